The zero-order valence-electron chi connectivity index (χ0n) is 21.3. The first kappa shape index (κ1) is 27.3. The summed E-state index contributed by atoms with van der Waals surface area (Å²) in [4.78, 5) is 14.5. The number of allylic oxidation sites excluding steroid dienone is 1. The molecule has 7 heteroatoms. The van der Waals surface area contributed by atoms with E-state index in [0.717, 1.165) is 71.4 Å². The summed E-state index contributed by atoms with van der Waals surface area (Å²) in [6.45, 7) is 9.91. The van der Waals surface area contributed by atoms with Crippen LogP contribution < -0.4 is 10.6 Å². The van der Waals surface area contributed by atoms with Crippen LogP contribution in [0.4, 0.5) is 0 Å². The number of benzene rings is 2. The maximum atomic E-state index is 12.6. The van der Waals surface area contributed by atoms with E-state index in [4.69, 9.17) is 23.2 Å². The molecule has 2 aliphatic heterocycles. The molecule has 2 aromatic rings. The maximum Gasteiger partial charge on any atom is 0.248 e. The standard InChI is InChI=1S/C29H35Cl2N3OS/c1-18(2)27-23(17-36-29-26(32-4)28(35)34(27)29)16-33-12-6-5-7-20-15-24(30)11-10-21(20)14-22-9-8-19(3)13-25(22)31/h8-11,13,15,26,29,32-33H,1,5-7,12,14,16-17H2,2-4H3. The van der Waals surface area contributed by atoms with Gasteiger partial charge in [0.25, 0.3) is 0 Å². The molecule has 0 bridgehead atoms. The highest BCUT2D eigenvalue weighted by Gasteiger charge is 2.51. The number of carbonyl (C=O) groups is 1. The second kappa shape index (κ2) is 12.2. The van der Waals surface area contributed by atoms with Crippen molar-refractivity contribution < 1.29 is 4.79 Å². The number of halogens is 2. The highest BCUT2D eigenvalue weighted by atomic mass is 35.5. The lowest BCUT2D eigenvalue weighted by Gasteiger charge is -2.51. The first-order valence-electron chi connectivity index (χ1n) is 12.5. The third-order valence-electron chi connectivity index (χ3n) is 6.91. The van der Waals surface area contributed by atoms with Gasteiger partial charge in [0.05, 0.1) is 0 Å². The molecule has 2 aromatic carbocycles. The van der Waals surface area contributed by atoms with Crippen molar-refractivity contribution in [2.75, 3.05) is 25.9 Å². The molecular weight excluding hydrogens is 509 g/mol. The van der Waals surface area contributed by atoms with Gasteiger partial charge in [-0.2, -0.15) is 0 Å². The van der Waals surface area contributed by atoms with E-state index in [9.17, 15) is 4.79 Å². The number of likely N-dealkylation sites (N-methyl/N-ethyl adjacent to an activating group) is 1. The summed E-state index contributed by atoms with van der Waals surface area (Å²) in [6, 6.07) is 12.3. The lowest BCUT2D eigenvalue weighted by Crippen LogP contribution is -2.68. The predicted octanol–water partition coefficient (Wildman–Crippen LogP) is 6.14. The maximum absolute atomic E-state index is 12.6. The van der Waals surface area contributed by atoms with Gasteiger partial charge in [-0.1, -0.05) is 48.0 Å². The molecule has 4 rings (SSSR count). The fourth-order valence-corrected chi connectivity index (χ4v) is 6.92. The highest BCUT2D eigenvalue weighted by Crippen LogP contribution is 2.41. The van der Waals surface area contributed by atoms with Crippen LogP contribution in [-0.2, 0) is 17.6 Å². The van der Waals surface area contributed by atoms with Crippen LogP contribution in [0.3, 0.4) is 0 Å². The van der Waals surface area contributed by atoms with Crippen LogP contribution in [0.15, 0.2) is 59.8 Å². The highest BCUT2D eigenvalue weighted by molar-refractivity contribution is 8.00. The Morgan fingerprint density at radius 3 is 2.64 bits per heavy atom. The smallest absolute Gasteiger partial charge is 0.248 e. The molecule has 2 unspecified atom stereocenters. The summed E-state index contributed by atoms with van der Waals surface area (Å²) in [6.07, 6.45) is 3.92. The third kappa shape index (κ3) is 6.03. The van der Waals surface area contributed by atoms with Crippen LogP contribution in [0.25, 0.3) is 0 Å². The summed E-state index contributed by atoms with van der Waals surface area (Å²) in [5.74, 6) is 1.07. The van der Waals surface area contributed by atoms with Gasteiger partial charge in [0.1, 0.15) is 11.4 Å². The zero-order chi connectivity index (χ0) is 25.8. The van der Waals surface area contributed by atoms with Crippen LogP contribution in [0.5, 0.6) is 0 Å². The van der Waals surface area contributed by atoms with Gasteiger partial charge in [0.15, 0.2) is 0 Å². The number of unbranched alkanes of at least 4 members (excludes halogenated alkanes) is 1. The normalized spacial score (nSPS) is 19.4. The van der Waals surface area contributed by atoms with Gasteiger partial charge in [-0.3, -0.25) is 9.69 Å². The molecule has 0 saturated carbocycles. The fraction of sp³-hybridized carbons (Fsp3) is 0.414. The lowest BCUT2D eigenvalue weighted by molar-refractivity contribution is -0.142. The van der Waals surface area contributed by atoms with Crippen molar-refractivity contribution in [1.29, 1.82) is 0 Å². The number of rotatable bonds is 11. The number of nitrogens with zero attached hydrogens (tertiary/aromatic N) is 1. The largest absolute Gasteiger partial charge is 0.313 e. The van der Waals surface area contributed by atoms with Gasteiger partial charge in [0.2, 0.25) is 5.91 Å². The Kier molecular flexibility index (Phi) is 9.24. The quantitative estimate of drug-likeness (QED) is 0.264. The number of hydrogen-bond donors (Lipinski definition) is 2. The van der Waals surface area contributed by atoms with Gasteiger partial charge in [0, 0.05) is 28.0 Å². The molecule has 1 saturated heterocycles. The van der Waals surface area contributed by atoms with E-state index < -0.39 is 0 Å². The van der Waals surface area contributed by atoms with E-state index in [-0.39, 0.29) is 17.3 Å². The van der Waals surface area contributed by atoms with E-state index in [2.05, 4.69) is 48.4 Å². The van der Waals surface area contributed by atoms with Crippen LogP contribution in [0.2, 0.25) is 10.0 Å². The summed E-state index contributed by atoms with van der Waals surface area (Å²) >= 11 is 14.7. The van der Waals surface area contributed by atoms with Crippen molar-refractivity contribution in [3.63, 3.8) is 0 Å². The average molecular weight is 545 g/mol. The van der Waals surface area contributed by atoms with E-state index in [0.29, 0.717) is 0 Å². The molecule has 1 fully saturated rings. The molecule has 1 amide bonds. The molecule has 0 radical (unpaired) electrons. The van der Waals surface area contributed by atoms with E-state index in [1.165, 1.54) is 22.3 Å². The van der Waals surface area contributed by atoms with E-state index in [1.807, 2.05) is 42.8 Å². The van der Waals surface area contributed by atoms with Crippen LogP contribution in [0.1, 0.15) is 42.0 Å². The molecule has 2 atom stereocenters. The minimum atomic E-state index is -0.0859. The summed E-state index contributed by atoms with van der Waals surface area (Å²) in [5, 5.41) is 8.50. The molecular formula is C29H35Cl2N3OS. The van der Waals surface area contributed by atoms with Crippen LogP contribution >= 0.6 is 35.0 Å². The summed E-state index contributed by atoms with van der Waals surface area (Å²) < 4.78 is 0. The molecule has 0 aliphatic carbocycles. The fourth-order valence-electron chi connectivity index (χ4n) is 5.01. The second-order valence-corrected chi connectivity index (χ2v) is 11.7. The molecule has 0 spiro atoms. The number of amides is 1. The third-order valence-corrected chi connectivity index (χ3v) is 8.83. The first-order valence-corrected chi connectivity index (χ1v) is 14.3. The van der Waals surface area contributed by atoms with Crippen molar-refractivity contribution in [2.24, 2.45) is 0 Å². The minimum Gasteiger partial charge on any atom is -0.313 e. The number of β-lactam (4-membered cyclic amide) rings is 1. The lowest BCUT2D eigenvalue weighted by atomic mass is 9.96. The minimum absolute atomic E-state index is 0.0859. The Morgan fingerprint density at radius 1 is 1.14 bits per heavy atom. The second-order valence-electron chi connectivity index (χ2n) is 9.73. The molecule has 2 N–H and O–H groups in total. The predicted molar refractivity (Wildman–Crippen MR) is 154 cm³/mol. The van der Waals surface area contributed by atoms with Gasteiger partial charge in [-0.05, 0) is 105 Å². The van der Waals surface area contributed by atoms with Crippen molar-refractivity contribution in [1.82, 2.24) is 15.5 Å². The van der Waals surface area contributed by atoms with Gasteiger partial charge >= 0.3 is 0 Å². The van der Waals surface area contributed by atoms with Crippen molar-refractivity contribution >= 4 is 40.9 Å². The Labute approximate surface area is 229 Å². The van der Waals surface area contributed by atoms with Gasteiger partial charge < -0.3 is 10.6 Å². The van der Waals surface area contributed by atoms with E-state index >= 15 is 0 Å². The Hall–Kier alpha value is -1.76. The van der Waals surface area contributed by atoms with Gasteiger partial charge in [-0.15, -0.1) is 11.8 Å². The van der Waals surface area contributed by atoms with Crippen LogP contribution in [0, 0.1) is 6.92 Å². The summed E-state index contributed by atoms with van der Waals surface area (Å²) in [7, 11) is 1.85. The number of carbonyl (C=O) groups excluding carboxylic acids is 1. The average Bonchev–Trinajstić information content (AvgIpc) is 2.84. The molecule has 4 nitrogen and oxygen atoms in total. The number of hydrogen-bond acceptors (Lipinski definition) is 4. The molecule has 36 heavy (non-hydrogen) atoms. The zero-order valence-corrected chi connectivity index (χ0v) is 23.6. The first-order chi connectivity index (χ1) is 17.3. The summed E-state index contributed by atoms with van der Waals surface area (Å²) in [5.41, 5.74) is 8.13. The van der Waals surface area contributed by atoms with Crippen LogP contribution in [-0.4, -0.2) is 48.1 Å². The number of aryl methyl sites for hydroxylation is 2. The van der Waals surface area contributed by atoms with Gasteiger partial charge in [-0.25, -0.2) is 0 Å². The Balaban J connectivity index is 1.30. The molecule has 0 aromatic heterocycles. The number of thioether (sulfide) groups is 1. The molecule has 192 valence electrons. The SMILES string of the molecule is C=C(C)C1=C(CNCCCCc2cc(Cl)ccc2Cc2ccc(C)cc2Cl)CSC2C(NC)C(=O)N12. The van der Waals surface area contributed by atoms with E-state index in [1.54, 1.807) is 0 Å². The Bertz CT molecular complexity index is 1180. The molecule has 2 aliphatic rings. The van der Waals surface area contributed by atoms with Crippen molar-refractivity contribution in [2.45, 2.75) is 50.9 Å². The molecule has 2 heterocycles. The Morgan fingerprint density at radius 2 is 1.92 bits per heavy atom. The number of fused-ring (bicyclic) bond motifs is 1. The van der Waals surface area contributed by atoms with Crippen molar-refractivity contribution in [3.05, 3.63) is 92.1 Å². The van der Waals surface area contributed by atoms with Crippen molar-refractivity contribution in [3.8, 4) is 0 Å². The number of nitrogens with one attached hydrogen (secondary N) is 2. The monoisotopic (exact) mass is 543 g/mol. The topological polar surface area (TPSA) is 44.4 Å².